The second-order valence-electron chi connectivity index (χ2n) is 4.43. The van der Waals surface area contributed by atoms with Crippen LogP contribution in [0.15, 0.2) is 42.5 Å². The molecule has 3 aromatic rings. The van der Waals surface area contributed by atoms with E-state index in [9.17, 15) is 4.79 Å². The predicted molar refractivity (Wildman–Crippen MR) is 83.8 cm³/mol. The Morgan fingerprint density at radius 2 is 1.95 bits per heavy atom. The van der Waals surface area contributed by atoms with Gasteiger partial charge in [-0.05, 0) is 31.2 Å². The van der Waals surface area contributed by atoms with E-state index in [-0.39, 0.29) is 5.91 Å². The minimum absolute atomic E-state index is 0.167. The molecular weight excluding hydrogens is 292 g/mol. The van der Waals surface area contributed by atoms with E-state index in [2.05, 4.69) is 10.3 Å². The van der Waals surface area contributed by atoms with Gasteiger partial charge in [-0.2, -0.15) is 0 Å². The normalized spacial score (nSPS) is 10.7. The number of hydrogen-bond donors (Lipinski definition) is 1. The number of fused-ring (bicyclic) bond motifs is 1. The van der Waals surface area contributed by atoms with Crippen molar-refractivity contribution >= 4 is 44.2 Å². The van der Waals surface area contributed by atoms with Gasteiger partial charge in [0.05, 0.1) is 9.72 Å². The Bertz CT molecular complexity index is 780. The highest BCUT2D eigenvalue weighted by Gasteiger charge is 2.11. The molecular formula is C15H11ClN2OS. The van der Waals surface area contributed by atoms with Gasteiger partial charge in [0.15, 0.2) is 5.13 Å². The third-order valence-corrected chi connectivity index (χ3v) is 4.15. The summed E-state index contributed by atoms with van der Waals surface area (Å²) < 4.78 is 0.955. The molecule has 0 aliphatic carbocycles. The molecule has 1 amide bonds. The van der Waals surface area contributed by atoms with Gasteiger partial charge in [0.2, 0.25) is 0 Å². The SMILES string of the molecule is Cc1ccc(C(=O)Nc2nc3c(Cl)cccc3s2)cc1. The van der Waals surface area contributed by atoms with Crippen LogP contribution in [0.5, 0.6) is 0 Å². The average Bonchev–Trinajstić information content (AvgIpc) is 2.83. The van der Waals surface area contributed by atoms with Gasteiger partial charge >= 0.3 is 0 Å². The van der Waals surface area contributed by atoms with Gasteiger partial charge in [0.1, 0.15) is 5.52 Å². The zero-order valence-electron chi connectivity index (χ0n) is 10.7. The number of thiazole rings is 1. The van der Waals surface area contributed by atoms with Crippen LogP contribution in [-0.2, 0) is 0 Å². The first-order valence-corrected chi connectivity index (χ1v) is 7.26. The predicted octanol–water partition coefficient (Wildman–Crippen LogP) is 4.51. The monoisotopic (exact) mass is 302 g/mol. The molecule has 0 saturated carbocycles. The maximum atomic E-state index is 12.1. The lowest BCUT2D eigenvalue weighted by Crippen LogP contribution is -2.11. The highest BCUT2D eigenvalue weighted by molar-refractivity contribution is 7.22. The van der Waals surface area contributed by atoms with Gasteiger partial charge in [0.25, 0.3) is 5.91 Å². The van der Waals surface area contributed by atoms with E-state index in [1.165, 1.54) is 11.3 Å². The van der Waals surface area contributed by atoms with Gasteiger partial charge in [-0.25, -0.2) is 4.98 Å². The maximum Gasteiger partial charge on any atom is 0.257 e. The van der Waals surface area contributed by atoms with E-state index in [1.807, 2.05) is 31.2 Å². The summed E-state index contributed by atoms with van der Waals surface area (Å²) in [5.41, 5.74) is 2.45. The molecule has 100 valence electrons. The van der Waals surface area contributed by atoms with Crippen LogP contribution in [0, 0.1) is 6.92 Å². The number of aryl methyl sites for hydroxylation is 1. The summed E-state index contributed by atoms with van der Waals surface area (Å²) in [7, 11) is 0. The van der Waals surface area contributed by atoms with Crippen molar-refractivity contribution in [3.05, 3.63) is 58.6 Å². The third-order valence-electron chi connectivity index (χ3n) is 2.90. The van der Waals surface area contributed by atoms with Crippen LogP contribution < -0.4 is 5.32 Å². The molecule has 2 aromatic carbocycles. The molecule has 20 heavy (non-hydrogen) atoms. The molecule has 0 unspecified atom stereocenters. The molecule has 0 radical (unpaired) electrons. The van der Waals surface area contributed by atoms with Crippen molar-refractivity contribution in [1.29, 1.82) is 0 Å². The number of benzene rings is 2. The first-order valence-electron chi connectivity index (χ1n) is 6.06. The zero-order chi connectivity index (χ0) is 14.1. The summed E-state index contributed by atoms with van der Waals surface area (Å²) in [5.74, 6) is -0.167. The molecule has 5 heteroatoms. The molecule has 3 nitrogen and oxygen atoms in total. The molecule has 1 heterocycles. The standard InChI is InChI=1S/C15H11ClN2OS/c1-9-5-7-10(8-6-9)14(19)18-15-17-13-11(16)3-2-4-12(13)20-15/h2-8H,1H3,(H,17,18,19). The number of amides is 1. The van der Waals surface area contributed by atoms with Gasteiger partial charge in [-0.15, -0.1) is 0 Å². The number of carbonyl (C=O) groups is 1. The topological polar surface area (TPSA) is 42.0 Å². The van der Waals surface area contributed by atoms with Crippen LogP contribution in [0.1, 0.15) is 15.9 Å². The first-order chi connectivity index (χ1) is 9.63. The molecule has 1 N–H and O–H groups in total. The summed E-state index contributed by atoms with van der Waals surface area (Å²) in [5, 5.41) is 3.95. The van der Waals surface area contributed by atoms with Crippen molar-refractivity contribution in [3.63, 3.8) is 0 Å². The summed E-state index contributed by atoms with van der Waals surface area (Å²) in [6, 6.07) is 13.0. The van der Waals surface area contributed by atoms with Crippen molar-refractivity contribution in [2.24, 2.45) is 0 Å². The zero-order valence-corrected chi connectivity index (χ0v) is 12.3. The van der Waals surface area contributed by atoms with Crippen LogP contribution in [0.2, 0.25) is 5.02 Å². The third kappa shape index (κ3) is 2.53. The summed E-state index contributed by atoms with van der Waals surface area (Å²) in [4.78, 5) is 16.5. The van der Waals surface area contributed by atoms with Crippen molar-refractivity contribution in [2.45, 2.75) is 6.92 Å². The highest BCUT2D eigenvalue weighted by Crippen LogP contribution is 2.30. The Labute approximate surface area is 125 Å². The van der Waals surface area contributed by atoms with Crippen molar-refractivity contribution in [2.75, 3.05) is 5.32 Å². The van der Waals surface area contributed by atoms with Crippen LogP contribution in [0.4, 0.5) is 5.13 Å². The number of nitrogens with zero attached hydrogens (tertiary/aromatic N) is 1. The Balaban J connectivity index is 1.87. The molecule has 0 spiro atoms. The van der Waals surface area contributed by atoms with Crippen LogP contribution in [0.25, 0.3) is 10.2 Å². The summed E-state index contributed by atoms with van der Waals surface area (Å²) >= 11 is 7.48. The lowest BCUT2D eigenvalue weighted by atomic mass is 10.1. The molecule has 0 atom stereocenters. The highest BCUT2D eigenvalue weighted by atomic mass is 35.5. The molecule has 0 aliphatic heterocycles. The Kier molecular flexibility index (Phi) is 3.42. The lowest BCUT2D eigenvalue weighted by Gasteiger charge is -2.01. The van der Waals surface area contributed by atoms with Crippen LogP contribution in [-0.4, -0.2) is 10.9 Å². The molecule has 0 saturated heterocycles. The minimum atomic E-state index is -0.167. The number of nitrogens with one attached hydrogen (secondary N) is 1. The van der Waals surface area contributed by atoms with Gasteiger partial charge in [0, 0.05) is 5.56 Å². The number of rotatable bonds is 2. The fourth-order valence-corrected chi connectivity index (χ4v) is 3.00. The van der Waals surface area contributed by atoms with Crippen LogP contribution in [0.3, 0.4) is 0 Å². The second kappa shape index (κ2) is 5.23. The molecule has 0 fully saturated rings. The van der Waals surface area contributed by atoms with E-state index >= 15 is 0 Å². The number of aromatic nitrogens is 1. The van der Waals surface area contributed by atoms with Crippen molar-refractivity contribution < 1.29 is 4.79 Å². The molecule has 3 rings (SSSR count). The van der Waals surface area contributed by atoms with Gasteiger partial charge < -0.3 is 0 Å². The van der Waals surface area contributed by atoms with Gasteiger partial charge in [-0.3, -0.25) is 10.1 Å². The van der Waals surface area contributed by atoms with Crippen molar-refractivity contribution in [3.8, 4) is 0 Å². The Morgan fingerprint density at radius 1 is 1.20 bits per heavy atom. The first kappa shape index (κ1) is 13.1. The second-order valence-corrected chi connectivity index (χ2v) is 5.86. The summed E-state index contributed by atoms with van der Waals surface area (Å²) in [6.07, 6.45) is 0. The fraction of sp³-hybridized carbons (Fsp3) is 0.0667. The molecule has 1 aromatic heterocycles. The largest absolute Gasteiger partial charge is 0.298 e. The number of halogens is 1. The quantitative estimate of drug-likeness (QED) is 0.756. The Morgan fingerprint density at radius 3 is 2.65 bits per heavy atom. The van der Waals surface area contributed by atoms with E-state index in [0.717, 1.165) is 15.8 Å². The van der Waals surface area contributed by atoms with Gasteiger partial charge in [-0.1, -0.05) is 46.7 Å². The van der Waals surface area contributed by atoms with Crippen molar-refractivity contribution in [1.82, 2.24) is 4.98 Å². The lowest BCUT2D eigenvalue weighted by molar-refractivity contribution is 0.102. The number of para-hydroxylation sites is 1. The van der Waals surface area contributed by atoms with E-state index in [4.69, 9.17) is 11.6 Å². The number of anilines is 1. The average molecular weight is 303 g/mol. The molecule has 0 aliphatic rings. The minimum Gasteiger partial charge on any atom is -0.298 e. The fourth-order valence-electron chi connectivity index (χ4n) is 1.84. The van der Waals surface area contributed by atoms with E-state index in [1.54, 1.807) is 18.2 Å². The molecule has 0 bridgehead atoms. The maximum absolute atomic E-state index is 12.1. The smallest absolute Gasteiger partial charge is 0.257 e. The number of hydrogen-bond acceptors (Lipinski definition) is 3. The summed E-state index contributed by atoms with van der Waals surface area (Å²) in [6.45, 7) is 1.98. The van der Waals surface area contributed by atoms with E-state index < -0.39 is 0 Å². The van der Waals surface area contributed by atoms with E-state index in [0.29, 0.717) is 15.7 Å². The number of carbonyl (C=O) groups excluding carboxylic acids is 1. The van der Waals surface area contributed by atoms with Crippen LogP contribution >= 0.6 is 22.9 Å². The Hall–Kier alpha value is -1.91.